The molecule has 0 aromatic heterocycles. The molecule has 0 saturated carbocycles. The van der Waals surface area contributed by atoms with Crippen molar-refractivity contribution in [2.75, 3.05) is 0 Å². The molecule has 2 amide bonds. The predicted octanol–water partition coefficient (Wildman–Crippen LogP) is 7.42. The first kappa shape index (κ1) is 22.4. The van der Waals surface area contributed by atoms with Gasteiger partial charge in [0.25, 0.3) is 11.1 Å². The van der Waals surface area contributed by atoms with Gasteiger partial charge in [0.05, 0.1) is 11.4 Å². The van der Waals surface area contributed by atoms with Gasteiger partial charge in [-0.3, -0.25) is 14.5 Å². The third-order valence-electron chi connectivity index (χ3n) is 5.56. The number of imide groups is 1. The summed E-state index contributed by atoms with van der Waals surface area (Å²) in [7, 11) is 0. The number of amides is 2. The van der Waals surface area contributed by atoms with Gasteiger partial charge in [-0.25, -0.2) is 0 Å². The number of halogens is 1. The number of carbonyl (C=O) groups is 2. The lowest BCUT2D eigenvalue weighted by Gasteiger charge is -2.12. The van der Waals surface area contributed by atoms with Crippen molar-refractivity contribution < 1.29 is 14.3 Å². The van der Waals surface area contributed by atoms with E-state index in [1.165, 1.54) is 15.7 Å². The molecule has 5 rings (SSSR count). The average Bonchev–Trinajstić information content (AvgIpc) is 3.11. The smallest absolute Gasteiger partial charge is 0.293 e. The summed E-state index contributed by atoms with van der Waals surface area (Å²) in [5.74, 6) is 0.427. The van der Waals surface area contributed by atoms with Gasteiger partial charge in [0.2, 0.25) is 0 Å². The Morgan fingerprint density at radius 2 is 1.65 bits per heavy atom. The number of hydrogen-bond acceptors (Lipinski definition) is 4. The molecule has 6 heteroatoms. The molecule has 0 atom stereocenters. The monoisotopic (exact) mass is 529 g/mol. The first-order chi connectivity index (χ1) is 16.6. The fourth-order valence-corrected chi connectivity index (χ4v) is 4.94. The van der Waals surface area contributed by atoms with Crippen LogP contribution in [0.1, 0.15) is 16.7 Å². The average molecular weight is 530 g/mol. The molecule has 4 nitrogen and oxygen atoms in total. The summed E-state index contributed by atoms with van der Waals surface area (Å²) in [6, 6.07) is 29.5. The zero-order valence-corrected chi connectivity index (χ0v) is 20.5. The summed E-state index contributed by atoms with van der Waals surface area (Å²) < 4.78 is 7.01. The maximum atomic E-state index is 12.9. The number of nitrogens with zero attached hydrogens (tertiary/aromatic N) is 1. The van der Waals surface area contributed by atoms with Crippen LogP contribution in [-0.2, 0) is 17.9 Å². The molecule has 0 bridgehead atoms. The number of rotatable bonds is 6. The lowest BCUT2D eigenvalue weighted by atomic mass is 10.1. The Morgan fingerprint density at radius 1 is 0.882 bits per heavy atom. The zero-order valence-electron chi connectivity index (χ0n) is 18.1. The minimum absolute atomic E-state index is 0.253. The molecule has 0 unspecified atom stereocenters. The van der Waals surface area contributed by atoms with Crippen LogP contribution in [0.2, 0.25) is 0 Å². The Morgan fingerprint density at radius 3 is 2.50 bits per heavy atom. The van der Waals surface area contributed by atoms with Crippen LogP contribution in [0, 0.1) is 0 Å². The van der Waals surface area contributed by atoms with Crippen LogP contribution < -0.4 is 4.74 Å². The van der Waals surface area contributed by atoms with Crippen LogP contribution in [0.15, 0.2) is 100 Å². The van der Waals surface area contributed by atoms with Crippen LogP contribution in [0.25, 0.3) is 16.8 Å². The molecular weight excluding hydrogens is 510 g/mol. The fraction of sp³-hybridized carbons (Fsp3) is 0.0714. The van der Waals surface area contributed by atoms with E-state index in [4.69, 9.17) is 4.74 Å². The Balaban J connectivity index is 1.30. The van der Waals surface area contributed by atoms with Gasteiger partial charge in [0, 0.05) is 4.47 Å². The van der Waals surface area contributed by atoms with Crippen LogP contribution >= 0.6 is 27.7 Å². The second-order valence-corrected chi connectivity index (χ2v) is 9.80. The summed E-state index contributed by atoms with van der Waals surface area (Å²) in [5.41, 5.74) is 2.82. The maximum absolute atomic E-state index is 12.9. The first-order valence-corrected chi connectivity index (χ1v) is 12.4. The van der Waals surface area contributed by atoms with Crippen molar-refractivity contribution in [3.05, 3.63) is 117 Å². The number of fused-ring (bicyclic) bond motifs is 1. The van der Waals surface area contributed by atoms with Gasteiger partial charge >= 0.3 is 0 Å². The largest absolute Gasteiger partial charge is 0.489 e. The Hall–Kier alpha value is -3.35. The fourth-order valence-electron chi connectivity index (χ4n) is 3.83. The van der Waals surface area contributed by atoms with Crippen molar-refractivity contribution in [2.24, 2.45) is 0 Å². The topological polar surface area (TPSA) is 46.6 Å². The molecule has 1 aliphatic rings. The van der Waals surface area contributed by atoms with Gasteiger partial charge in [-0.2, -0.15) is 0 Å². The summed E-state index contributed by atoms with van der Waals surface area (Å²) in [5, 5.41) is 2.08. The van der Waals surface area contributed by atoms with E-state index < -0.39 is 0 Å². The normalized spacial score (nSPS) is 14.9. The molecule has 1 heterocycles. The van der Waals surface area contributed by atoms with E-state index in [0.29, 0.717) is 17.3 Å². The van der Waals surface area contributed by atoms with E-state index in [1.54, 1.807) is 6.08 Å². The van der Waals surface area contributed by atoms with E-state index in [-0.39, 0.29) is 17.7 Å². The van der Waals surface area contributed by atoms with Crippen molar-refractivity contribution in [1.82, 2.24) is 4.90 Å². The molecule has 0 N–H and O–H groups in total. The minimum Gasteiger partial charge on any atom is -0.489 e. The Labute approximate surface area is 210 Å². The number of hydrogen-bond donors (Lipinski definition) is 0. The van der Waals surface area contributed by atoms with Gasteiger partial charge in [0.1, 0.15) is 12.4 Å². The molecule has 1 aliphatic heterocycles. The van der Waals surface area contributed by atoms with Gasteiger partial charge in [-0.15, -0.1) is 0 Å². The van der Waals surface area contributed by atoms with E-state index in [2.05, 4.69) is 40.2 Å². The Bertz CT molecular complexity index is 1410. The third-order valence-corrected chi connectivity index (χ3v) is 6.99. The molecule has 0 radical (unpaired) electrons. The Kier molecular flexibility index (Phi) is 6.52. The standard InChI is InChI=1S/C28H20BrNO3S/c29-23-13-11-19(12-14-23)17-30-27(31)26(34-28(30)32)16-20-5-3-9-24(15-20)33-18-22-8-4-7-21-6-1-2-10-25(21)22/h1-16H,17-18H2/b26-16-. The second kappa shape index (κ2) is 9.87. The number of carbonyl (C=O) groups excluding carboxylic acids is 2. The van der Waals surface area contributed by atoms with Crippen molar-refractivity contribution >= 4 is 55.7 Å². The first-order valence-electron chi connectivity index (χ1n) is 10.8. The van der Waals surface area contributed by atoms with Crippen molar-refractivity contribution in [3.8, 4) is 5.75 Å². The van der Waals surface area contributed by atoms with Crippen LogP contribution in [0.3, 0.4) is 0 Å². The molecule has 168 valence electrons. The van der Waals surface area contributed by atoms with E-state index in [1.807, 2.05) is 66.7 Å². The third kappa shape index (κ3) is 4.93. The zero-order chi connectivity index (χ0) is 23.5. The van der Waals surface area contributed by atoms with E-state index in [0.717, 1.165) is 32.9 Å². The molecule has 4 aromatic rings. The van der Waals surface area contributed by atoms with E-state index in [9.17, 15) is 9.59 Å². The highest BCUT2D eigenvalue weighted by Crippen LogP contribution is 2.34. The van der Waals surface area contributed by atoms with Gasteiger partial charge in [-0.1, -0.05) is 82.7 Å². The van der Waals surface area contributed by atoms with E-state index >= 15 is 0 Å². The summed E-state index contributed by atoms with van der Waals surface area (Å²) >= 11 is 4.36. The van der Waals surface area contributed by atoms with Crippen molar-refractivity contribution in [1.29, 1.82) is 0 Å². The lowest BCUT2D eigenvalue weighted by molar-refractivity contribution is -0.123. The lowest BCUT2D eigenvalue weighted by Crippen LogP contribution is -2.27. The summed E-state index contributed by atoms with van der Waals surface area (Å²) in [4.78, 5) is 27.1. The number of benzene rings is 4. The van der Waals surface area contributed by atoms with Gasteiger partial charge < -0.3 is 4.74 Å². The SMILES string of the molecule is O=C1S/C(=C\c2cccc(OCc3cccc4ccccc34)c2)C(=O)N1Cc1ccc(Br)cc1. The van der Waals surface area contributed by atoms with Crippen LogP contribution in [-0.4, -0.2) is 16.0 Å². The van der Waals surface area contributed by atoms with Crippen molar-refractivity contribution in [2.45, 2.75) is 13.2 Å². The van der Waals surface area contributed by atoms with Gasteiger partial charge in [-0.05, 0) is 69.6 Å². The molecule has 1 saturated heterocycles. The molecule has 4 aromatic carbocycles. The maximum Gasteiger partial charge on any atom is 0.293 e. The predicted molar refractivity (Wildman–Crippen MR) is 140 cm³/mol. The number of thioether (sulfide) groups is 1. The number of ether oxygens (including phenoxy) is 1. The summed E-state index contributed by atoms with van der Waals surface area (Å²) in [6.07, 6.45) is 1.75. The highest BCUT2D eigenvalue weighted by atomic mass is 79.9. The molecule has 34 heavy (non-hydrogen) atoms. The second-order valence-electron chi connectivity index (χ2n) is 7.89. The highest BCUT2D eigenvalue weighted by Gasteiger charge is 2.34. The van der Waals surface area contributed by atoms with Crippen LogP contribution in [0.5, 0.6) is 5.75 Å². The molecule has 0 aliphatic carbocycles. The molecule has 1 fully saturated rings. The molecule has 0 spiro atoms. The van der Waals surface area contributed by atoms with Gasteiger partial charge in [0.15, 0.2) is 0 Å². The van der Waals surface area contributed by atoms with Crippen molar-refractivity contribution in [3.63, 3.8) is 0 Å². The summed E-state index contributed by atoms with van der Waals surface area (Å²) in [6.45, 7) is 0.692. The highest BCUT2D eigenvalue weighted by molar-refractivity contribution is 9.10. The quantitative estimate of drug-likeness (QED) is 0.244. The molecular formula is C28H20BrNO3S. The minimum atomic E-state index is -0.278. The van der Waals surface area contributed by atoms with Crippen LogP contribution in [0.4, 0.5) is 4.79 Å².